The Bertz CT molecular complexity index is 258. The highest BCUT2D eigenvalue weighted by molar-refractivity contribution is 5.85. The summed E-state index contributed by atoms with van der Waals surface area (Å²) in [6, 6.07) is 0.638. The number of carbonyl (C=O) groups excluding carboxylic acids is 1. The van der Waals surface area contributed by atoms with Gasteiger partial charge in [-0.25, -0.2) is 0 Å². The molecule has 1 aliphatic carbocycles. The van der Waals surface area contributed by atoms with Crippen LogP contribution in [0.25, 0.3) is 0 Å². The Morgan fingerprint density at radius 3 is 2.42 bits per heavy atom. The summed E-state index contributed by atoms with van der Waals surface area (Å²) in [5.74, 6) is -0.0305. The first kappa shape index (κ1) is 16.4. The molecule has 1 fully saturated rings. The summed E-state index contributed by atoms with van der Waals surface area (Å²) in [6.45, 7) is 5.38. The summed E-state index contributed by atoms with van der Waals surface area (Å²) in [5, 5.41) is 6.48. The second-order valence-corrected chi connectivity index (χ2v) is 6.07. The monoisotopic (exact) mass is 269 g/mol. The van der Waals surface area contributed by atoms with E-state index < -0.39 is 5.54 Å². The van der Waals surface area contributed by atoms with Crippen molar-refractivity contribution < 1.29 is 4.79 Å². The van der Waals surface area contributed by atoms with Crippen LogP contribution in [0.2, 0.25) is 0 Å². The zero-order valence-electron chi connectivity index (χ0n) is 12.6. The molecule has 0 bridgehead atoms. The molecule has 0 aromatic rings. The summed E-state index contributed by atoms with van der Waals surface area (Å²) in [4.78, 5) is 11.9. The van der Waals surface area contributed by atoms with Crippen molar-refractivity contribution in [3.63, 3.8) is 0 Å². The lowest BCUT2D eigenvalue weighted by atomic mass is 9.96. The van der Waals surface area contributed by atoms with Gasteiger partial charge in [0.1, 0.15) is 0 Å². The van der Waals surface area contributed by atoms with Crippen molar-refractivity contribution in [2.75, 3.05) is 13.1 Å². The Labute approximate surface area is 117 Å². The molecule has 0 aliphatic heterocycles. The number of hydrogen-bond acceptors (Lipinski definition) is 3. The Kier molecular flexibility index (Phi) is 7.39. The molecule has 112 valence electrons. The largest absolute Gasteiger partial charge is 0.353 e. The first-order valence-electron chi connectivity index (χ1n) is 7.87. The number of hydrogen-bond donors (Lipinski definition) is 3. The molecule has 1 rings (SSSR count). The second kappa shape index (κ2) is 8.54. The van der Waals surface area contributed by atoms with Crippen molar-refractivity contribution in [3.8, 4) is 0 Å². The van der Waals surface area contributed by atoms with Crippen LogP contribution in [-0.2, 0) is 4.79 Å². The van der Waals surface area contributed by atoms with E-state index in [1.807, 2.05) is 13.8 Å². The van der Waals surface area contributed by atoms with Crippen LogP contribution in [-0.4, -0.2) is 30.6 Å². The molecule has 0 aromatic heterocycles. The highest BCUT2D eigenvalue weighted by atomic mass is 16.2. The number of rotatable bonds is 7. The van der Waals surface area contributed by atoms with Gasteiger partial charge in [-0.05, 0) is 26.2 Å². The topological polar surface area (TPSA) is 67.2 Å². The number of amides is 1. The van der Waals surface area contributed by atoms with Crippen LogP contribution >= 0.6 is 0 Å². The molecule has 1 amide bonds. The second-order valence-electron chi connectivity index (χ2n) is 6.07. The quantitative estimate of drug-likeness (QED) is 0.489. The zero-order valence-corrected chi connectivity index (χ0v) is 12.6. The molecule has 0 spiro atoms. The van der Waals surface area contributed by atoms with Gasteiger partial charge in [0.15, 0.2) is 0 Å². The van der Waals surface area contributed by atoms with E-state index in [1.54, 1.807) is 0 Å². The molecule has 4 nitrogen and oxygen atoms in total. The Balaban J connectivity index is 2.14. The SMILES string of the molecule is CCCC(C)(N)C(=O)NCCNC1CCCCCC1. The van der Waals surface area contributed by atoms with Gasteiger partial charge in [0.2, 0.25) is 5.91 Å². The molecule has 1 atom stereocenters. The lowest BCUT2D eigenvalue weighted by molar-refractivity contribution is -0.126. The predicted octanol–water partition coefficient (Wildman–Crippen LogP) is 1.93. The molecule has 0 saturated heterocycles. The standard InChI is InChI=1S/C15H31N3O/c1-3-10-15(2,16)14(19)18-12-11-17-13-8-6-4-5-7-9-13/h13,17H,3-12,16H2,1-2H3,(H,18,19). The molecular formula is C15H31N3O. The molecule has 1 saturated carbocycles. The predicted molar refractivity (Wildman–Crippen MR) is 80.0 cm³/mol. The first-order valence-corrected chi connectivity index (χ1v) is 7.87. The van der Waals surface area contributed by atoms with Gasteiger partial charge < -0.3 is 16.4 Å². The van der Waals surface area contributed by atoms with E-state index in [-0.39, 0.29) is 5.91 Å². The van der Waals surface area contributed by atoms with Gasteiger partial charge in [0, 0.05) is 19.1 Å². The fourth-order valence-corrected chi connectivity index (χ4v) is 2.77. The third-order valence-electron chi connectivity index (χ3n) is 3.99. The molecule has 4 heteroatoms. The molecule has 1 aliphatic rings. The van der Waals surface area contributed by atoms with Gasteiger partial charge in [0.25, 0.3) is 0 Å². The summed E-state index contributed by atoms with van der Waals surface area (Å²) in [6.07, 6.45) is 9.63. The molecule has 0 heterocycles. The van der Waals surface area contributed by atoms with Crippen LogP contribution in [0.3, 0.4) is 0 Å². The highest BCUT2D eigenvalue weighted by Gasteiger charge is 2.26. The average molecular weight is 269 g/mol. The lowest BCUT2D eigenvalue weighted by Crippen LogP contribution is -2.52. The van der Waals surface area contributed by atoms with Gasteiger partial charge >= 0.3 is 0 Å². The van der Waals surface area contributed by atoms with E-state index >= 15 is 0 Å². The molecular weight excluding hydrogens is 238 g/mol. The fourth-order valence-electron chi connectivity index (χ4n) is 2.77. The van der Waals surface area contributed by atoms with Gasteiger partial charge in [-0.1, -0.05) is 39.0 Å². The molecule has 1 unspecified atom stereocenters. The molecule has 19 heavy (non-hydrogen) atoms. The summed E-state index contributed by atoms with van der Waals surface area (Å²) in [7, 11) is 0. The van der Waals surface area contributed by atoms with Crippen LogP contribution in [0.1, 0.15) is 65.2 Å². The zero-order chi connectivity index (χ0) is 14.1. The maximum Gasteiger partial charge on any atom is 0.239 e. The molecule has 0 radical (unpaired) electrons. The Hall–Kier alpha value is -0.610. The summed E-state index contributed by atoms with van der Waals surface area (Å²) in [5.41, 5.74) is 5.26. The minimum atomic E-state index is -0.725. The van der Waals surface area contributed by atoms with E-state index in [2.05, 4.69) is 10.6 Å². The number of carbonyl (C=O) groups is 1. The minimum Gasteiger partial charge on any atom is -0.353 e. The smallest absolute Gasteiger partial charge is 0.239 e. The maximum absolute atomic E-state index is 11.9. The van der Waals surface area contributed by atoms with Gasteiger partial charge in [0.05, 0.1) is 5.54 Å². The van der Waals surface area contributed by atoms with Crippen LogP contribution in [0.4, 0.5) is 0 Å². The number of nitrogens with two attached hydrogens (primary N) is 1. The average Bonchev–Trinajstić information content (AvgIpc) is 2.62. The van der Waals surface area contributed by atoms with Crippen LogP contribution in [0.5, 0.6) is 0 Å². The highest BCUT2D eigenvalue weighted by Crippen LogP contribution is 2.16. The normalized spacial score (nSPS) is 20.6. The third-order valence-corrected chi connectivity index (χ3v) is 3.99. The van der Waals surface area contributed by atoms with E-state index in [1.165, 1.54) is 38.5 Å². The first-order chi connectivity index (χ1) is 9.06. The minimum absolute atomic E-state index is 0.0305. The fraction of sp³-hybridized carbons (Fsp3) is 0.933. The van der Waals surface area contributed by atoms with Crippen LogP contribution < -0.4 is 16.4 Å². The lowest BCUT2D eigenvalue weighted by Gasteiger charge is -2.23. The molecule has 0 aromatic carbocycles. The van der Waals surface area contributed by atoms with E-state index in [9.17, 15) is 4.79 Å². The number of nitrogens with one attached hydrogen (secondary N) is 2. The van der Waals surface area contributed by atoms with Crippen molar-refractivity contribution in [1.82, 2.24) is 10.6 Å². The van der Waals surface area contributed by atoms with Crippen molar-refractivity contribution >= 4 is 5.91 Å². The van der Waals surface area contributed by atoms with Crippen molar-refractivity contribution in [3.05, 3.63) is 0 Å². The van der Waals surface area contributed by atoms with Gasteiger partial charge in [-0.15, -0.1) is 0 Å². The van der Waals surface area contributed by atoms with Gasteiger partial charge in [-0.2, -0.15) is 0 Å². The van der Waals surface area contributed by atoms with Crippen LogP contribution in [0.15, 0.2) is 0 Å². The van der Waals surface area contributed by atoms with Crippen molar-refractivity contribution in [2.24, 2.45) is 5.73 Å². The van der Waals surface area contributed by atoms with Crippen molar-refractivity contribution in [2.45, 2.75) is 76.8 Å². The summed E-state index contributed by atoms with van der Waals surface area (Å²) < 4.78 is 0. The van der Waals surface area contributed by atoms with E-state index in [4.69, 9.17) is 5.73 Å². The Morgan fingerprint density at radius 1 is 1.21 bits per heavy atom. The maximum atomic E-state index is 11.9. The van der Waals surface area contributed by atoms with Crippen molar-refractivity contribution in [1.29, 1.82) is 0 Å². The molecule has 4 N–H and O–H groups in total. The Morgan fingerprint density at radius 2 is 1.84 bits per heavy atom. The summed E-state index contributed by atoms with van der Waals surface area (Å²) >= 11 is 0. The van der Waals surface area contributed by atoms with Gasteiger partial charge in [-0.3, -0.25) is 4.79 Å². The van der Waals surface area contributed by atoms with E-state index in [0.717, 1.165) is 19.4 Å². The van der Waals surface area contributed by atoms with Crippen LogP contribution in [0, 0.1) is 0 Å². The third kappa shape index (κ3) is 6.39. The van der Waals surface area contributed by atoms with E-state index in [0.29, 0.717) is 12.6 Å².